The number of hydrogen-bond acceptors (Lipinski definition) is 6. The predicted octanol–water partition coefficient (Wildman–Crippen LogP) is 1.88. The fourth-order valence-electron chi connectivity index (χ4n) is 3.63. The molecule has 170 valence electrons. The minimum atomic E-state index is -0.505. The van der Waals surface area contributed by atoms with E-state index in [4.69, 9.17) is 10.5 Å². The van der Waals surface area contributed by atoms with Crippen LogP contribution < -0.4 is 11.1 Å². The van der Waals surface area contributed by atoms with Crippen LogP contribution in [-0.4, -0.2) is 53.5 Å². The number of nitrogens with zero attached hydrogens (tertiary/aromatic N) is 1. The van der Waals surface area contributed by atoms with Crippen molar-refractivity contribution in [3.8, 4) is 0 Å². The van der Waals surface area contributed by atoms with Crippen molar-refractivity contribution < 1.29 is 19.1 Å². The van der Waals surface area contributed by atoms with Crippen molar-refractivity contribution in [2.24, 2.45) is 5.73 Å². The lowest BCUT2D eigenvalue weighted by molar-refractivity contribution is -0.139. The Morgan fingerprint density at radius 1 is 1.12 bits per heavy atom. The Bertz CT molecular complexity index is 938. The molecule has 1 heterocycles. The van der Waals surface area contributed by atoms with Crippen molar-refractivity contribution in [1.29, 1.82) is 0 Å². The van der Waals surface area contributed by atoms with Crippen LogP contribution >= 0.6 is 11.8 Å². The highest BCUT2D eigenvalue weighted by molar-refractivity contribution is 7.99. The molecule has 32 heavy (non-hydrogen) atoms. The topological polar surface area (TPSA) is 102 Å². The molecule has 3 rings (SSSR count). The highest BCUT2D eigenvalue weighted by atomic mass is 32.2. The number of carbonyl (C=O) groups is 3. The second kappa shape index (κ2) is 11.7. The van der Waals surface area contributed by atoms with Crippen LogP contribution in [0.3, 0.4) is 0 Å². The third kappa shape index (κ3) is 6.83. The first-order chi connectivity index (χ1) is 15.5. The van der Waals surface area contributed by atoms with Gasteiger partial charge in [0.25, 0.3) is 0 Å². The number of ether oxygens (including phenoxy) is 1. The smallest absolute Gasteiger partial charge is 0.309 e. The van der Waals surface area contributed by atoms with Gasteiger partial charge in [0.2, 0.25) is 11.8 Å². The molecule has 2 aromatic rings. The van der Waals surface area contributed by atoms with Crippen LogP contribution in [0.4, 0.5) is 0 Å². The van der Waals surface area contributed by atoms with Crippen LogP contribution in [0.1, 0.15) is 23.1 Å². The van der Waals surface area contributed by atoms with Crippen molar-refractivity contribution in [2.45, 2.75) is 37.9 Å². The van der Waals surface area contributed by atoms with Gasteiger partial charge in [-0.1, -0.05) is 54.6 Å². The normalized spacial score (nSPS) is 16.4. The number of thioether (sulfide) groups is 1. The summed E-state index contributed by atoms with van der Waals surface area (Å²) in [5, 5.41) is 2.92. The number of esters is 1. The SMILES string of the molecule is COC(=O)Cc1cccc(CNC(=O)[C@@H]2CSCN2C(=O)C[C@H](N)Cc2ccccc2)c1. The van der Waals surface area contributed by atoms with Gasteiger partial charge in [-0.05, 0) is 23.1 Å². The fourth-order valence-corrected chi connectivity index (χ4v) is 4.81. The van der Waals surface area contributed by atoms with Gasteiger partial charge in [0.1, 0.15) is 6.04 Å². The van der Waals surface area contributed by atoms with E-state index in [1.165, 1.54) is 7.11 Å². The molecular formula is C24H29N3O4S. The summed E-state index contributed by atoms with van der Waals surface area (Å²) < 4.78 is 4.70. The van der Waals surface area contributed by atoms with Gasteiger partial charge in [0.05, 0.1) is 19.4 Å². The van der Waals surface area contributed by atoms with Crippen LogP contribution in [0.5, 0.6) is 0 Å². The standard InChI is InChI=1S/C24H29N3O4S/c1-31-23(29)12-18-8-5-9-19(10-18)14-26-24(30)21-15-32-16-27(21)22(28)13-20(25)11-17-6-3-2-4-7-17/h2-10,20-21H,11-16,25H2,1H3,(H,26,30)/t20-,21+/m1/s1. The van der Waals surface area contributed by atoms with Crippen molar-refractivity contribution in [2.75, 3.05) is 18.7 Å². The molecule has 1 saturated heterocycles. The quantitative estimate of drug-likeness (QED) is 0.560. The molecule has 0 bridgehead atoms. The number of carbonyl (C=O) groups excluding carboxylic acids is 3. The number of hydrogen-bond donors (Lipinski definition) is 2. The van der Waals surface area contributed by atoms with Crippen LogP contribution in [0.25, 0.3) is 0 Å². The van der Waals surface area contributed by atoms with Gasteiger partial charge in [-0.2, -0.15) is 0 Å². The minimum absolute atomic E-state index is 0.0985. The van der Waals surface area contributed by atoms with E-state index in [0.29, 0.717) is 24.6 Å². The number of nitrogens with two attached hydrogens (primary N) is 1. The Balaban J connectivity index is 1.52. The van der Waals surface area contributed by atoms with Gasteiger partial charge in [0, 0.05) is 24.8 Å². The van der Waals surface area contributed by atoms with Crippen molar-refractivity contribution >= 4 is 29.5 Å². The lowest BCUT2D eigenvalue weighted by Crippen LogP contribution is -2.48. The van der Waals surface area contributed by atoms with E-state index in [-0.39, 0.29) is 36.7 Å². The summed E-state index contributed by atoms with van der Waals surface area (Å²) in [6.45, 7) is 0.324. The third-order valence-corrected chi connectivity index (χ3v) is 6.33. The van der Waals surface area contributed by atoms with E-state index in [1.54, 1.807) is 16.7 Å². The number of benzene rings is 2. The monoisotopic (exact) mass is 455 g/mol. The van der Waals surface area contributed by atoms with E-state index in [1.807, 2.05) is 54.6 Å². The highest BCUT2D eigenvalue weighted by Gasteiger charge is 2.34. The van der Waals surface area contributed by atoms with Gasteiger partial charge in [-0.15, -0.1) is 11.8 Å². The molecule has 2 aromatic carbocycles. The van der Waals surface area contributed by atoms with E-state index in [9.17, 15) is 14.4 Å². The molecule has 0 unspecified atom stereocenters. The molecule has 0 aromatic heterocycles. The van der Waals surface area contributed by atoms with Crippen molar-refractivity contribution in [3.63, 3.8) is 0 Å². The number of methoxy groups -OCH3 is 1. The van der Waals surface area contributed by atoms with Crippen LogP contribution in [0.2, 0.25) is 0 Å². The lowest BCUT2D eigenvalue weighted by atomic mass is 10.0. The summed E-state index contributed by atoms with van der Waals surface area (Å²) in [6.07, 6.45) is 1.00. The molecule has 7 nitrogen and oxygen atoms in total. The zero-order chi connectivity index (χ0) is 22.9. The van der Waals surface area contributed by atoms with Crippen LogP contribution in [0, 0.1) is 0 Å². The van der Waals surface area contributed by atoms with Gasteiger partial charge in [-0.3, -0.25) is 14.4 Å². The first-order valence-electron chi connectivity index (χ1n) is 10.6. The summed E-state index contributed by atoms with van der Waals surface area (Å²) in [7, 11) is 1.35. The second-order valence-electron chi connectivity index (χ2n) is 7.82. The second-order valence-corrected chi connectivity index (χ2v) is 8.82. The predicted molar refractivity (Wildman–Crippen MR) is 125 cm³/mol. The molecule has 0 radical (unpaired) electrons. The molecule has 2 amide bonds. The Morgan fingerprint density at radius 3 is 2.59 bits per heavy atom. The van der Waals surface area contributed by atoms with Crippen LogP contribution in [0.15, 0.2) is 54.6 Å². The molecular weight excluding hydrogens is 426 g/mol. The molecule has 1 aliphatic rings. The molecule has 1 fully saturated rings. The lowest BCUT2D eigenvalue weighted by Gasteiger charge is -2.24. The minimum Gasteiger partial charge on any atom is -0.469 e. The first kappa shape index (κ1) is 23.8. The van der Waals surface area contributed by atoms with Crippen molar-refractivity contribution in [1.82, 2.24) is 10.2 Å². The van der Waals surface area contributed by atoms with Gasteiger partial charge < -0.3 is 20.7 Å². The Kier molecular flexibility index (Phi) is 8.70. The zero-order valence-corrected chi connectivity index (χ0v) is 19.0. The Labute approximate surface area is 192 Å². The molecule has 2 atom stereocenters. The summed E-state index contributed by atoms with van der Waals surface area (Å²) >= 11 is 1.56. The zero-order valence-electron chi connectivity index (χ0n) is 18.2. The summed E-state index contributed by atoms with van der Waals surface area (Å²) in [5.74, 6) is 0.461. The molecule has 1 aliphatic heterocycles. The fraction of sp³-hybridized carbons (Fsp3) is 0.375. The average Bonchev–Trinajstić information content (AvgIpc) is 3.28. The maximum Gasteiger partial charge on any atom is 0.309 e. The number of rotatable bonds is 9. The summed E-state index contributed by atoms with van der Waals surface area (Å²) in [6, 6.07) is 16.5. The van der Waals surface area contributed by atoms with E-state index in [0.717, 1.165) is 16.7 Å². The molecule has 0 spiro atoms. The van der Waals surface area contributed by atoms with E-state index in [2.05, 4.69) is 5.32 Å². The van der Waals surface area contributed by atoms with Gasteiger partial charge >= 0.3 is 5.97 Å². The Morgan fingerprint density at radius 2 is 1.84 bits per heavy atom. The number of amides is 2. The maximum atomic E-state index is 12.8. The number of nitrogens with one attached hydrogen (secondary N) is 1. The summed E-state index contributed by atoms with van der Waals surface area (Å²) in [5.41, 5.74) is 9.00. The summed E-state index contributed by atoms with van der Waals surface area (Å²) in [4.78, 5) is 38.7. The van der Waals surface area contributed by atoms with Crippen LogP contribution in [-0.2, 0) is 38.5 Å². The maximum absolute atomic E-state index is 12.8. The average molecular weight is 456 g/mol. The van der Waals surface area contributed by atoms with E-state index >= 15 is 0 Å². The third-order valence-electron chi connectivity index (χ3n) is 5.32. The largest absolute Gasteiger partial charge is 0.469 e. The Hall–Kier alpha value is -2.84. The molecule has 3 N–H and O–H groups in total. The van der Waals surface area contributed by atoms with Crippen molar-refractivity contribution in [3.05, 3.63) is 71.3 Å². The van der Waals surface area contributed by atoms with Gasteiger partial charge in [-0.25, -0.2) is 0 Å². The van der Waals surface area contributed by atoms with E-state index < -0.39 is 6.04 Å². The van der Waals surface area contributed by atoms with Gasteiger partial charge in [0.15, 0.2) is 0 Å². The molecule has 0 saturated carbocycles. The molecule has 0 aliphatic carbocycles. The molecule has 8 heteroatoms. The first-order valence-corrected chi connectivity index (χ1v) is 11.7. The highest BCUT2D eigenvalue weighted by Crippen LogP contribution is 2.22.